The van der Waals surface area contributed by atoms with Crippen LogP contribution in [0.25, 0.3) is 27.0 Å². The van der Waals surface area contributed by atoms with Gasteiger partial charge in [0.25, 0.3) is 0 Å². The average molecular weight is 398 g/mol. The van der Waals surface area contributed by atoms with E-state index < -0.39 is 0 Å². The van der Waals surface area contributed by atoms with E-state index in [0.717, 1.165) is 38.2 Å². The predicted octanol–water partition coefficient (Wildman–Crippen LogP) is 5.54. The van der Waals surface area contributed by atoms with Crippen LogP contribution in [0.1, 0.15) is 5.56 Å². The molecule has 29 heavy (non-hydrogen) atoms. The molecule has 0 bridgehead atoms. The summed E-state index contributed by atoms with van der Waals surface area (Å²) in [5.74, 6) is 0. The fourth-order valence-electron chi connectivity index (χ4n) is 3.46. The molecule has 5 aromatic rings. The van der Waals surface area contributed by atoms with Gasteiger partial charge in [0.2, 0.25) is 0 Å². The molecule has 2 aromatic heterocycles. The van der Waals surface area contributed by atoms with Crippen LogP contribution in [0.3, 0.4) is 0 Å². The van der Waals surface area contributed by atoms with Crippen LogP contribution in [0.4, 0.5) is 10.5 Å². The number of para-hydroxylation sites is 1. The Morgan fingerprint density at radius 1 is 1.00 bits per heavy atom. The molecule has 5 nitrogen and oxygen atoms in total. The molecule has 0 unspecified atom stereocenters. The van der Waals surface area contributed by atoms with Crippen LogP contribution in [-0.2, 0) is 6.54 Å². The number of rotatable bonds is 4. The number of nitrogens with zero attached hydrogens (tertiary/aromatic N) is 2. The van der Waals surface area contributed by atoms with Crippen LogP contribution >= 0.6 is 11.3 Å². The summed E-state index contributed by atoms with van der Waals surface area (Å²) >= 11 is 1.58. The van der Waals surface area contributed by atoms with Crippen molar-refractivity contribution < 1.29 is 4.79 Å². The molecular weight excluding hydrogens is 380 g/mol. The Bertz CT molecular complexity index is 1290. The number of nitrogens with one attached hydrogen (secondary N) is 2. The van der Waals surface area contributed by atoms with Crippen molar-refractivity contribution >= 4 is 38.8 Å². The van der Waals surface area contributed by atoms with Crippen molar-refractivity contribution in [1.29, 1.82) is 0 Å². The molecule has 0 aliphatic carbocycles. The number of urea groups is 1. The van der Waals surface area contributed by atoms with E-state index in [1.54, 1.807) is 11.3 Å². The lowest BCUT2D eigenvalue weighted by Crippen LogP contribution is -2.28. The first-order valence-electron chi connectivity index (χ1n) is 9.31. The van der Waals surface area contributed by atoms with Crippen molar-refractivity contribution in [2.75, 3.05) is 5.32 Å². The van der Waals surface area contributed by atoms with Crippen LogP contribution in [0.15, 0.2) is 84.5 Å². The maximum absolute atomic E-state index is 12.6. The van der Waals surface area contributed by atoms with Crippen molar-refractivity contribution in [3.05, 3.63) is 90.1 Å². The fraction of sp³-hybridized carbons (Fsp3) is 0.0435. The number of amides is 2. The Labute approximate surface area is 171 Å². The average Bonchev–Trinajstić information content (AvgIpc) is 3.35. The second-order valence-corrected chi connectivity index (χ2v) is 7.58. The van der Waals surface area contributed by atoms with Crippen molar-refractivity contribution in [1.82, 2.24) is 14.7 Å². The normalized spacial score (nSPS) is 11.0. The predicted molar refractivity (Wildman–Crippen MR) is 118 cm³/mol. The van der Waals surface area contributed by atoms with E-state index in [1.165, 1.54) is 0 Å². The van der Waals surface area contributed by atoms with Gasteiger partial charge in [0.05, 0.1) is 11.4 Å². The number of imidazole rings is 1. The first-order valence-corrected chi connectivity index (χ1v) is 10.2. The van der Waals surface area contributed by atoms with Crippen molar-refractivity contribution in [2.45, 2.75) is 6.54 Å². The van der Waals surface area contributed by atoms with Crippen LogP contribution in [-0.4, -0.2) is 15.4 Å². The molecule has 0 saturated carbocycles. The number of carbonyl (C=O) groups excluding carboxylic acids is 1. The summed E-state index contributed by atoms with van der Waals surface area (Å²) in [6.07, 6.45) is 3.95. The van der Waals surface area contributed by atoms with E-state index in [9.17, 15) is 4.79 Å². The summed E-state index contributed by atoms with van der Waals surface area (Å²) in [4.78, 5) is 18.2. The Balaban J connectivity index is 1.34. The maximum Gasteiger partial charge on any atom is 0.319 e. The Morgan fingerprint density at radius 2 is 1.83 bits per heavy atom. The smallest absolute Gasteiger partial charge is 0.319 e. The second-order valence-electron chi connectivity index (χ2n) is 6.71. The monoisotopic (exact) mass is 398 g/mol. The molecule has 0 aliphatic rings. The molecular formula is C23H18N4OS. The Kier molecular flexibility index (Phi) is 4.46. The Morgan fingerprint density at radius 3 is 2.76 bits per heavy atom. The second kappa shape index (κ2) is 7.41. The minimum absolute atomic E-state index is 0.244. The summed E-state index contributed by atoms with van der Waals surface area (Å²) in [7, 11) is 0. The summed E-state index contributed by atoms with van der Waals surface area (Å²) in [6.45, 7) is 0.454. The summed E-state index contributed by atoms with van der Waals surface area (Å²) in [6, 6.07) is 21.8. The first kappa shape index (κ1) is 17.5. The van der Waals surface area contributed by atoms with Crippen LogP contribution < -0.4 is 10.6 Å². The number of hydrogen-bond acceptors (Lipinski definition) is 3. The van der Waals surface area contributed by atoms with E-state index in [2.05, 4.69) is 33.8 Å². The summed E-state index contributed by atoms with van der Waals surface area (Å²) in [5, 5.41) is 10.2. The molecule has 2 N–H and O–H groups in total. The molecule has 0 spiro atoms. The lowest BCUT2D eigenvalue weighted by Gasteiger charge is -2.12. The molecule has 0 radical (unpaired) electrons. The lowest BCUT2D eigenvalue weighted by molar-refractivity contribution is 0.252. The lowest BCUT2D eigenvalue weighted by atomic mass is 10.0. The highest BCUT2D eigenvalue weighted by Gasteiger charge is 2.12. The highest BCUT2D eigenvalue weighted by molar-refractivity contribution is 7.15. The molecule has 6 heteroatoms. The van der Waals surface area contributed by atoms with Gasteiger partial charge in [0, 0.05) is 29.9 Å². The number of fused-ring (bicyclic) bond motifs is 2. The van der Waals surface area contributed by atoms with Crippen LogP contribution in [0.5, 0.6) is 0 Å². The largest absolute Gasteiger partial charge is 0.334 e. The highest BCUT2D eigenvalue weighted by Crippen LogP contribution is 2.28. The van der Waals surface area contributed by atoms with Crippen molar-refractivity contribution in [3.8, 4) is 11.3 Å². The fourth-order valence-corrected chi connectivity index (χ4v) is 4.16. The van der Waals surface area contributed by atoms with Gasteiger partial charge in [-0.05, 0) is 22.4 Å². The third-order valence-electron chi connectivity index (χ3n) is 4.86. The number of thiazole rings is 1. The third kappa shape index (κ3) is 3.46. The molecule has 2 amide bonds. The van der Waals surface area contributed by atoms with Gasteiger partial charge < -0.3 is 10.6 Å². The summed E-state index contributed by atoms with van der Waals surface area (Å²) in [5.41, 5.74) is 3.54. The molecule has 142 valence electrons. The minimum Gasteiger partial charge on any atom is -0.334 e. The Hall–Kier alpha value is -3.64. The molecule has 5 rings (SSSR count). The van der Waals surface area contributed by atoms with Gasteiger partial charge in [-0.15, -0.1) is 11.3 Å². The molecule has 2 heterocycles. The van der Waals surface area contributed by atoms with Gasteiger partial charge in [-0.25, -0.2) is 9.78 Å². The van der Waals surface area contributed by atoms with Gasteiger partial charge in [0.15, 0.2) is 4.96 Å². The van der Waals surface area contributed by atoms with E-state index in [4.69, 9.17) is 0 Å². The van der Waals surface area contributed by atoms with Crippen LogP contribution in [0, 0.1) is 0 Å². The summed E-state index contributed by atoms with van der Waals surface area (Å²) < 4.78 is 1.98. The van der Waals surface area contributed by atoms with E-state index in [-0.39, 0.29) is 6.03 Å². The minimum atomic E-state index is -0.244. The zero-order chi connectivity index (χ0) is 19.6. The number of carbonyl (C=O) groups is 1. The van der Waals surface area contributed by atoms with Gasteiger partial charge in [-0.3, -0.25) is 4.40 Å². The molecule has 0 fully saturated rings. The SMILES string of the molecule is O=C(NCc1cccc2ccccc12)Nc1ccccc1-c1cn2ccsc2n1. The van der Waals surface area contributed by atoms with E-state index in [1.807, 2.05) is 70.7 Å². The topological polar surface area (TPSA) is 58.4 Å². The number of hydrogen-bond donors (Lipinski definition) is 2. The van der Waals surface area contributed by atoms with Gasteiger partial charge in [-0.1, -0.05) is 60.7 Å². The van der Waals surface area contributed by atoms with Crippen molar-refractivity contribution in [2.24, 2.45) is 0 Å². The third-order valence-corrected chi connectivity index (χ3v) is 5.63. The van der Waals surface area contributed by atoms with Crippen molar-refractivity contribution in [3.63, 3.8) is 0 Å². The zero-order valence-corrected chi connectivity index (χ0v) is 16.3. The number of benzene rings is 3. The molecule has 0 aliphatic heterocycles. The molecule has 0 atom stereocenters. The maximum atomic E-state index is 12.6. The number of aromatic nitrogens is 2. The molecule has 3 aromatic carbocycles. The molecule has 0 saturated heterocycles. The van der Waals surface area contributed by atoms with Crippen LogP contribution in [0.2, 0.25) is 0 Å². The number of anilines is 1. The van der Waals surface area contributed by atoms with E-state index in [0.29, 0.717) is 6.54 Å². The quantitative estimate of drug-likeness (QED) is 0.418. The zero-order valence-electron chi connectivity index (χ0n) is 15.5. The first-order chi connectivity index (χ1) is 14.3. The van der Waals surface area contributed by atoms with Gasteiger partial charge in [-0.2, -0.15) is 0 Å². The highest BCUT2D eigenvalue weighted by atomic mass is 32.1. The standard InChI is InChI=1S/C23H18N4OS/c28-22(24-14-17-8-5-7-16-6-1-2-9-18(16)17)25-20-11-4-3-10-19(20)21-15-27-12-13-29-23(27)26-21/h1-13,15H,14H2,(H2,24,25,28). The van der Waals surface area contributed by atoms with E-state index >= 15 is 0 Å². The van der Waals surface area contributed by atoms with Gasteiger partial charge in [0.1, 0.15) is 0 Å². The van der Waals surface area contributed by atoms with Gasteiger partial charge >= 0.3 is 6.03 Å².